The van der Waals surface area contributed by atoms with Gasteiger partial charge in [-0.3, -0.25) is 0 Å². The van der Waals surface area contributed by atoms with E-state index in [1.54, 1.807) is 65.9 Å². The number of imidazole rings is 1. The Balaban J connectivity index is 0.000000324. The minimum absolute atomic E-state index is 0.117. The number of hydrogen-bond donors (Lipinski definition) is 2. The van der Waals surface area contributed by atoms with Gasteiger partial charge in [0.05, 0.1) is 23.0 Å². The number of fused-ring (bicyclic) bond motifs is 3. The molecule has 5 rings (SSSR count). The third-order valence-electron chi connectivity index (χ3n) is 6.78. The zero-order chi connectivity index (χ0) is 31.7. The van der Waals surface area contributed by atoms with Gasteiger partial charge in [0.25, 0.3) is 0 Å². The maximum absolute atomic E-state index is 14.9. The minimum atomic E-state index is -2.74. The largest absolute Gasteiger partial charge is 0.444 e. The van der Waals surface area contributed by atoms with Crippen LogP contribution < -0.4 is 10.1 Å². The van der Waals surface area contributed by atoms with Crippen LogP contribution in [0.1, 0.15) is 82.8 Å². The summed E-state index contributed by atoms with van der Waals surface area (Å²) in [5.41, 5.74) is 1.99. The number of benzene rings is 1. The lowest BCUT2D eigenvalue weighted by Crippen LogP contribution is -2.44. The number of aliphatic hydroxyl groups is 1. The summed E-state index contributed by atoms with van der Waals surface area (Å²) in [6, 6.07) is 8.02. The fourth-order valence-electron chi connectivity index (χ4n) is 4.80. The molecule has 0 unspecified atom stereocenters. The highest BCUT2D eigenvalue weighted by Gasteiger charge is 2.33. The van der Waals surface area contributed by atoms with Crippen molar-refractivity contribution in [3.8, 4) is 16.9 Å². The van der Waals surface area contributed by atoms with Gasteiger partial charge in [-0.05, 0) is 59.6 Å². The van der Waals surface area contributed by atoms with Crippen LogP contribution in [-0.4, -0.2) is 42.8 Å². The molecule has 0 bridgehead atoms. The van der Waals surface area contributed by atoms with E-state index in [9.17, 15) is 23.1 Å². The van der Waals surface area contributed by atoms with Crippen molar-refractivity contribution in [2.24, 2.45) is 0 Å². The first kappa shape index (κ1) is 31.7. The molecular formula is C31H36F3N5O4. The van der Waals surface area contributed by atoms with Crippen LogP contribution in [0.2, 0.25) is 0 Å². The van der Waals surface area contributed by atoms with Crippen LogP contribution in [0, 0.1) is 12.7 Å². The van der Waals surface area contributed by atoms with Crippen molar-refractivity contribution < 1.29 is 32.5 Å². The van der Waals surface area contributed by atoms with E-state index in [1.165, 1.54) is 24.5 Å². The highest BCUT2D eigenvalue weighted by atomic mass is 19.3. The number of aromatic nitrogens is 4. The second kappa shape index (κ2) is 12.2. The molecule has 3 aromatic heterocycles. The van der Waals surface area contributed by atoms with Gasteiger partial charge in [0.2, 0.25) is 0 Å². The fourth-order valence-corrected chi connectivity index (χ4v) is 4.80. The normalized spacial score (nSPS) is 16.5. The second-order valence-corrected chi connectivity index (χ2v) is 12.0. The van der Waals surface area contributed by atoms with E-state index < -0.39 is 35.8 Å². The Labute approximate surface area is 248 Å². The molecule has 0 radical (unpaired) electrons. The number of alkyl carbamates (subject to hydrolysis) is 1. The van der Waals surface area contributed by atoms with Crippen molar-refractivity contribution in [1.82, 2.24) is 24.7 Å². The molecule has 12 heteroatoms. The summed E-state index contributed by atoms with van der Waals surface area (Å²) in [7, 11) is 0. The lowest BCUT2D eigenvalue weighted by molar-refractivity contribution is -0.0503. The standard InChI is InChI=1S/C23H28FN5O3.C8H8F2O/c1-12-7-16(30)18-19(12)29-11-14(15(24)8-17(29)27-18)13-9-25-20(26-10-13)23(5,6)28-21(31)32-22(2,3)4;1-6-4-2-3-5-7(6)11-8(9)10/h8-12,16,30H,7H2,1-6H3,(H,28,31);2-5,8H,1H3/t12-,16+;/m0./s1. The van der Waals surface area contributed by atoms with Crippen LogP contribution >= 0.6 is 0 Å². The van der Waals surface area contributed by atoms with Gasteiger partial charge in [0, 0.05) is 41.7 Å². The molecule has 0 aliphatic heterocycles. The predicted molar refractivity (Wildman–Crippen MR) is 154 cm³/mol. The first-order valence-corrected chi connectivity index (χ1v) is 13.8. The molecule has 2 atom stereocenters. The van der Waals surface area contributed by atoms with Gasteiger partial charge in [-0.1, -0.05) is 25.1 Å². The number of halogens is 3. The Morgan fingerprint density at radius 2 is 1.79 bits per heavy atom. The van der Waals surface area contributed by atoms with Crippen molar-refractivity contribution in [2.75, 3.05) is 0 Å². The number of para-hydroxylation sites is 1. The Bertz CT molecular complexity index is 1600. The number of nitrogens with zero attached hydrogens (tertiary/aromatic N) is 4. The van der Waals surface area contributed by atoms with E-state index in [1.807, 2.05) is 11.3 Å². The Morgan fingerprint density at radius 3 is 2.40 bits per heavy atom. The van der Waals surface area contributed by atoms with Crippen LogP contribution in [0.15, 0.2) is 48.9 Å². The number of ether oxygens (including phenoxy) is 2. The summed E-state index contributed by atoms with van der Waals surface area (Å²) in [5.74, 6) is 0.272. The van der Waals surface area contributed by atoms with Gasteiger partial charge < -0.3 is 24.3 Å². The lowest BCUT2D eigenvalue weighted by atomic mass is 10.0. The van der Waals surface area contributed by atoms with Gasteiger partial charge in [0.1, 0.15) is 22.8 Å². The van der Waals surface area contributed by atoms with Crippen LogP contribution in [-0.2, 0) is 10.3 Å². The number of aliphatic hydroxyl groups excluding tert-OH is 1. The molecule has 230 valence electrons. The van der Waals surface area contributed by atoms with E-state index >= 15 is 0 Å². The van der Waals surface area contributed by atoms with E-state index in [4.69, 9.17) is 4.74 Å². The summed E-state index contributed by atoms with van der Waals surface area (Å²) in [6.07, 6.45) is 4.13. The number of pyridine rings is 1. The van der Waals surface area contributed by atoms with E-state index in [0.29, 0.717) is 40.3 Å². The van der Waals surface area contributed by atoms with Crippen molar-refractivity contribution >= 4 is 11.7 Å². The topological polar surface area (TPSA) is 111 Å². The number of aryl methyl sites for hydroxylation is 1. The molecule has 1 amide bonds. The number of alkyl halides is 2. The van der Waals surface area contributed by atoms with Gasteiger partial charge in [0.15, 0.2) is 5.82 Å². The summed E-state index contributed by atoms with van der Waals surface area (Å²) < 4.78 is 49.6. The van der Waals surface area contributed by atoms with Crippen LogP contribution in [0.4, 0.5) is 18.0 Å². The Morgan fingerprint density at radius 1 is 1.14 bits per heavy atom. The molecule has 4 aromatic rings. The molecule has 0 fully saturated rings. The first-order chi connectivity index (χ1) is 20.1. The SMILES string of the molecule is C[C@H]1C[C@@H](O)c2nc3cc(F)c(-c4cnc(C(C)(C)NC(=O)OC(C)(C)C)nc4)cn3c21.Cc1ccccc1OC(F)F. The minimum Gasteiger partial charge on any atom is -0.444 e. The molecule has 1 aromatic carbocycles. The number of nitrogens with one attached hydrogen (secondary N) is 1. The molecule has 2 N–H and O–H groups in total. The monoisotopic (exact) mass is 599 g/mol. The molecule has 0 spiro atoms. The van der Waals surface area contributed by atoms with E-state index in [2.05, 4.69) is 25.0 Å². The predicted octanol–water partition coefficient (Wildman–Crippen LogP) is 6.83. The highest BCUT2D eigenvalue weighted by molar-refractivity contribution is 5.69. The third kappa shape index (κ3) is 7.42. The molecule has 1 aliphatic carbocycles. The maximum Gasteiger partial charge on any atom is 0.408 e. The fraction of sp³-hybridized carbons (Fsp3) is 0.419. The van der Waals surface area contributed by atoms with Gasteiger partial charge in [-0.15, -0.1) is 0 Å². The van der Waals surface area contributed by atoms with Crippen molar-refractivity contribution in [2.45, 2.75) is 84.7 Å². The highest BCUT2D eigenvalue weighted by Crippen LogP contribution is 2.40. The molecule has 43 heavy (non-hydrogen) atoms. The lowest BCUT2D eigenvalue weighted by Gasteiger charge is -2.27. The number of hydrogen-bond acceptors (Lipinski definition) is 7. The summed E-state index contributed by atoms with van der Waals surface area (Å²) in [4.78, 5) is 25.3. The molecule has 1 aliphatic rings. The second-order valence-electron chi connectivity index (χ2n) is 12.0. The summed E-state index contributed by atoms with van der Waals surface area (Å²) in [6.45, 7) is 9.88. The third-order valence-corrected chi connectivity index (χ3v) is 6.78. The molecule has 9 nitrogen and oxygen atoms in total. The summed E-state index contributed by atoms with van der Waals surface area (Å²) >= 11 is 0. The summed E-state index contributed by atoms with van der Waals surface area (Å²) in [5, 5.41) is 13.0. The van der Waals surface area contributed by atoms with Crippen molar-refractivity contribution in [3.63, 3.8) is 0 Å². The first-order valence-electron chi connectivity index (χ1n) is 13.8. The number of carbonyl (C=O) groups is 1. The number of carbonyl (C=O) groups excluding carboxylic acids is 1. The maximum atomic E-state index is 14.9. The van der Waals surface area contributed by atoms with E-state index in [0.717, 1.165) is 5.69 Å². The van der Waals surface area contributed by atoms with Gasteiger partial charge >= 0.3 is 12.7 Å². The van der Waals surface area contributed by atoms with Crippen LogP contribution in [0.5, 0.6) is 5.75 Å². The zero-order valence-electron chi connectivity index (χ0n) is 25.2. The Hall–Kier alpha value is -4.19. The van der Waals surface area contributed by atoms with Crippen LogP contribution in [0.25, 0.3) is 16.8 Å². The Kier molecular flexibility index (Phi) is 9.00. The molecular weight excluding hydrogens is 563 g/mol. The van der Waals surface area contributed by atoms with Crippen LogP contribution in [0.3, 0.4) is 0 Å². The zero-order valence-corrected chi connectivity index (χ0v) is 25.2. The number of amides is 1. The molecule has 0 saturated carbocycles. The van der Waals surface area contributed by atoms with Crippen molar-refractivity contribution in [1.29, 1.82) is 0 Å². The average molecular weight is 600 g/mol. The molecule has 0 saturated heterocycles. The average Bonchev–Trinajstić information content (AvgIpc) is 3.39. The smallest absolute Gasteiger partial charge is 0.408 e. The number of rotatable bonds is 5. The quantitative estimate of drug-likeness (QED) is 0.259. The van der Waals surface area contributed by atoms with Gasteiger partial charge in [-0.25, -0.2) is 24.1 Å². The van der Waals surface area contributed by atoms with E-state index in [-0.39, 0.29) is 11.7 Å². The van der Waals surface area contributed by atoms with Crippen molar-refractivity contribution in [3.05, 3.63) is 77.5 Å². The molecule has 3 heterocycles. The van der Waals surface area contributed by atoms with Gasteiger partial charge in [-0.2, -0.15) is 8.78 Å².